The Bertz CT molecular complexity index is 323. The monoisotopic (exact) mass is 255 g/mol. The maximum absolute atomic E-state index is 12.2. The summed E-state index contributed by atoms with van der Waals surface area (Å²) in [5.74, 6) is 0.275. The molecule has 0 aromatic rings. The van der Waals surface area contributed by atoms with Gasteiger partial charge in [-0.3, -0.25) is 9.59 Å². The van der Waals surface area contributed by atoms with Crippen LogP contribution in [0.15, 0.2) is 0 Å². The summed E-state index contributed by atoms with van der Waals surface area (Å²) in [5, 5.41) is 6.06. The number of carbonyl (C=O) groups is 2. The summed E-state index contributed by atoms with van der Waals surface area (Å²) in [6, 6.07) is 0. The lowest BCUT2D eigenvalue weighted by Gasteiger charge is -2.25. The fourth-order valence-corrected chi connectivity index (χ4v) is 2.17. The van der Waals surface area contributed by atoms with Crippen molar-refractivity contribution in [1.82, 2.24) is 15.5 Å². The highest BCUT2D eigenvalue weighted by Crippen LogP contribution is 2.17. The number of nitrogens with zero attached hydrogens (tertiary/aromatic N) is 1. The van der Waals surface area contributed by atoms with Crippen molar-refractivity contribution in [3.05, 3.63) is 0 Å². The van der Waals surface area contributed by atoms with Crippen molar-refractivity contribution in [2.75, 3.05) is 26.7 Å². The van der Waals surface area contributed by atoms with Crippen LogP contribution in [0.25, 0.3) is 0 Å². The zero-order chi connectivity index (χ0) is 13.9. The standard InChI is InChI=1S/C13H25N3O2/c1-9-6-14-7-10(9)12(18)16(5)8-11(17)15-13(2,3)4/h9-10,14H,6-8H2,1-5H3,(H,15,17)/t9-,10-/m1/s1. The SMILES string of the molecule is C[C@@H]1CNC[C@H]1C(=O)N(C)CC(=O)NC(C)(C)C. The van der Waals surface area contributed by atoms with Gasteiger partial charge in [-0.15, -0.1) is 0 Å². The fourth-order valence-electron chi connectivity index (χ4n) is 2.17. The molecule has 1 rings (SSSR count). The predicted molar refractivity (Wildman–Crippen MR) is 71.1 cm³/mol. The highest BCUT2D eigenvalue weighted by molar-refractivity contribution is 5.86. The number of carbonyl (C=O) groups excluding carboxylic acids is 2. The molecule has 1 aliphatic rings. The van der Waals surface area contributed by atoms with Crippen molar-refractivity contribution in [3.63, 3.8) is 0 Å². The number of hydrogen-bond donors (Lipinski definition) is 2. The van der Waals surface area contributed by atoms with Gasteiger partial charge in [0, 0.05) is 19.1 Å². The van der Waals surface area contributed by atoms with Crippen LogP contribution in [0, 0.1) is 11.8 Å². The fraction of sp³-hybridized carbons (Fsp3) is 0.846. The van der Waals surface area contributed by atoms with Crippen molar-refractivity contribution in [2.45, 2.75) is 33.2 Å². The van der Waals surface area contributed by atoms with Crippen LogP contribution < -0.4 is 10.6 Å². The Morgan fingerprint density at radius 2 is 1.94 bits per heavy atom. The van der Waals surface area contributed by atoms with E-state index in [4.69, 9.17) is 0 Å². The zero-order valence-electron chi connectivity index (χ0n) is 12.0. The molecule has 104 valence electrons. The average Bonchev–Trinajstić information content (AvgIpc) is 2.60. The van der Waals surface area contributed by atoms with Gasteiger partial charge in [-0.25, -0.2) is 0 Å². The van der Waals surface area contributed by atoms with Gasteiger partial charge in [0.1, 0.15) is 0 Å². The molecule has 0 radical (unpaired) electrons. The minimum Gasteiger partial charge on any atom is -0.350 e. The molecule has 18 heavy (non-hydrogen) atoms. The van der Waals surface area contributed by atoms with Gasteiger partial charge < -0.3 is 15.5 Å². The molecule has 2 N–H and O–H groups in total. The topological polar surface area (TPSA) is 61.4 Å². The van der Waals surface area contributed by atoms with Gasteiger partial charge in [0.2, 0.25) is 11.8 Å². The molecule has 0 aromatic heterocycles. The molecule has 0 aliphatic carbocycles. The van der Waals surface area contributed by atoms with E-state index in [2.05, 4.69) is 17.6 Å². The van der Waals surface area contributed by atoms with Gasteiger partial charge in [0.25, 0.3) is 0 Å². The summed E-state index contributed by atoms with van der Waals surface area (Å²) >= 11 is 0. The molecule has 1 saturated heterocycles. The molecular weight excluding hydrogens is 230 g/mol. The lowest BCUT2D eigenvalue weighted by atomic mass is 9.97. The Kier molecular flexibility index (Phi) is 4.73. The molecule has 2 atom stereocenters. The van der Waals surface area contributed by atoms with E-state index in [0.717, 1.165) is 6.54 Å². The third-order valence-corrected chi connectivity index (χ3v) is 3.11. The minimum atomic E-state index is -0.261. The van der Waals surface area contributed by atoms with Gasteiger partial charge in [-0.05, 0) is 33.2 Å². The van der Waals surface area contributed by atoms with Crippen molar-refractivity contribution in [2.24, 2.45) is 11.8 Å². The van der Waals surface area contributed by atoms with Crippen LogP contribution >= 0.6 is 0 Å². The Morgan fingerprint density at radius 1 is 1.33 bits per heavy atom. The van der Waals surface area contributed by atoms with Crippen molar-refractivity contribution < 1.29 is 9.59 Å². The molecule has 1 aliphatic heterocycles. The smallest absolute Gasteiger partial charge is 0.240 e. The van der Waals surface area contributed by atoms with Crippen LogP contribution in [0.2, 0.25) is 0 Å². The van der Waals surface area contributed by atoms with Gasteiger partial charge >= 0.3 is 0 Å². The number of hydrogen-bond acceptors (Lipinski definition) is 3. The quantitative estimate of drug-likeness (QED) is 0.758. The third-order valence-electron chi connectivity index (χ3n) is 3.11. The number of nitrogens with one attached hydrogen (secondary N) is 2. The normalized spacial score (nSPS) is 23.8. The highest BCUT2D eigenvalue weighted by Gasteiger charge is 2.32. The van der Waals surface area contributed by atoms with Crippen LogP contribution in [0.5, 0.6) is 0 Å². The molecule has 0 saturated carbocycles. The maximum Gasteiger partial charge on any atom is 0.240 e. The Balaban J connectivity index is 2.47. The van der Waals surface area contributed by atoms with E-state index in [1.165, 1.54) is 4.90 Å². The Morgan fingerprint density at radius 3 is 2.39 bits per heavy atom. The number of rotatable bonds is 3. The first kappa shape index (κ1) is 15.0. The summed E-state index contributed by atoms with van der Waals surface area (Å²) in [6.07, 6.45) is 0. The molecule has 1 fully saturated rings. The van der Waals surface area contributed by atoms with Crippen molar-refractivity contribution in [1.29, 1.82) is 0 Å². The van der Waals surface area contributed by atoms with E-state index >= 15 is 0 Å². The van der Waals surface area contributed by atoms with E-state index in [-0.39, 0.29) is 29.8 Å². The minimum absolute atomic E-state index is 0.00237. The summed E-state index contributed by atoms with van der Waals surface area (Å²) < 4.78 is 0. The summed E-state index contributed by atoms with van der Waals surface area (Å²) in [6.45, 7) is 9.55. The van der Waals surface area contributed by atoms with Crippen LogP contribution in [-0.4, -0.2) is 48.9 Å². The number of likely N-dealkylation sites (N-methyl/N-ethyl adjacent to an activating group) is 1. The first-order chi connectivity index (χ1) is 8.20. The second-order valence-corrected chi connectivity index (χ2v) is 6.23. The lowest BCUT2D eigenvalue weighted by Crippen LogP contribution is -2.47. The van der Waals surface area contributed by atoms with E-state index in [9.17, 15) is 9.59 Å². The van der Waals surface area contributed by atoms with Gasteiger partial charge in [-0.1, -0.05) is 6.92 Å². The average molecular weight is 255 g/mol. The molecule has 5 heteroatoms. The molecule has 2 amide bonds. The second-order valence-electron chi connectivity index (χ2n) is 6.23. The van der Waals surface area contributed by atoms with Crippen LogP contribution in [-0.2, 0) is 9.59 Å². The first-order valence-corrected chi connectivity index (χ1v) is 6.47. The summed E-state index contributed by atoms with van der Waals surface area (Å²) in [7, 11) is 1.69. The first-order valence-electron chi connectivity index (χ1n) is 6.47. The third kappa shape index (κ3) is 4.29. The van der Waals surface area contributed by atoms with E-state index in [0.29, 0.717) is 12.5 Å². The van der Waals surface area contributed by atoms with Crippen LogP contribution in [0.1, 0.15) is 27.7 Å². The maximum atomic E-state index is 12.2. The van der Waals surface area contributed by atoms with E-state index in [1.54, 1.807) is 7.05 Å². The van der Waals surface area contributed by atoms with Gasteiger partial charge in [0.05, 0.1) is 12.5 Å². The van der Waals surface area contributed by atoms with Crippen LogP contribution in [0.3, 0.4) is 0 Å². The predicted octanol–water partition coefficient (Wildman–Crippen LogP) is 0.215. The molecule has 0 unspecified atom stereocenters. The molecule has 5 nitrogen and oxygen atoms in total. The number of amides is 2. The van der Waals surface area contributed by atoms with Gasteiger partial charge in [0.15, 0.2) is 0 Å². The Labute approximate surface area is 109 Å². The summed E-state index contributed by atoms with van der Waals surface area (Å²) in [4.78, 5) is 25.4. The molecule has 0 bridgehead atoms. The molecular formula is C13H25N3O2. The Hall–Kier alpha value is -1.10. The van der Waals surface area contributed by atoms with E-state index < -0.39 is 0 Å². The zero-order valence-corrected chi connectivity index (χ0v) is 12.0. The summed E-state index contributed by atoms with van der Waals surface area (Å²) in [5.41, 5.74) is -0.261. The van der Waals surface area contributed by atoms with Crippen LogP contribution in [0.4, 0.5) is 0 Å². The lowest BCUT2D eigenvalue weighted by molar-refractivity contribution is -0.138. The molecule has 0 spiro atoms. The molecule has 1 heterocycles. The van der Waals surface area contributed by atoms with E-state index in [1.807, 2.05) is 20.8 Å². The van der Waals surface area contributed by atoms with Crippen molar-refractivity contribution in [3.8, 4) is 0 Å². The van der Waals surface area contributed by atoms with Crippen molar-refractivity contribution >= 4 is 11.8 Å². The highest BCUT2D eigenvalue weighted by atomic mass is 16.2. The second kappa shape index (κ2) is 5.69. The van der Waals surface area contributed by atoms with Gasteiger partial charge in [-0.2, -0.15) is 0 Å². The largest absolute Gasteiger partial charge is 0.350 e. The molecule has 0 aromatic carbocycles.